The molecule has 8 heteroatoms. The van der Waals surface area contributed by atoms with Gasteiger partial charge < -0.3 is 15.1 Å². The molecule has 0 unspecified atom stereocenters. The lowest BCUT2D eigenvalue weighted by Crippen LogP contribution is -2.49. The van der Waals surface area contributed by atoms with Crippen LogP contribution in [-0.4, -0.2) is 59.4 Å². The molecule has 2 aromatic heterocycles. The standard InChI is InChI=1S/C19H25N5O2S/c1-14-12-16(15(2)27-14)13-17(25)20-7-4-18(26)23-8-10-24(11-9-23)19-21-5-3-6-22-19/h3,5-6,12H,4,7-11,13H2,1-2H3,(H,20,25). The van der Waals surface area contributed by atoms with Gasteiger partial charge in [-0.25, -0.2) is 9.97 Å². The molecule has 0 aliphatic carbocycles. The lowest BCUT2D eigenvalue weighted by molar-refractivity contribution is -0.131. The second kappa shape index (κ2) is 8.94. The average molecular weight is 388 g/mol. The molecule has 0 radical (unpaired) electrons. The maximum Gasteiger partial charge on any atom is 0.225 e. The predicted octanol–water partition coefficient (Wildman–Crippen LogP) is 1.55. The fourth-order valence-electron chi connectivity index (χ4n) is 3.17. The van der Waals surface area contributed by atoms with Crippen LogP contribution in [0.15, 0.2) is 24.5 Å². The summed E-state index contributed by atoms with van der Waals surface area (Å²) in [6.07, 6.45) is 4.15. The van der Waals surface area contributed by atoms with E-state index in [0.29, 0.717) is 38.4 Å². The van der Waals surface area contributed by atoms with Crippen LogP contribution in [0.2, 0.25) is 0 Å². The summed E-state index contributed by atoms with van der Waals surface area (Å²) in [6.45, 7) is 7.20. The number of thiophene rings is 1. The Balaban J connectivity index is 1.37. The molecule has 2 amide bonds. The molecular weight excluding hydrogens is 362 g/mol. The van der Waals surface area contributed by atoms with E-state index >= 15 is 0 Å². The van der Waals surface area contributed by atoms with Crippen LogP contribution in [0, 0.1) is 13.8 Å². The summed E-state index contributed by atoms with van der Waals surface area (Å²) < 4.78 is 0. The summed E-state index contributed by atoms with van der Waals surface area (Å²) in [4.78, 5) is 39.3. The fourth-order valence-corrected chi connectivity index (χ4v) is 4.12. The van der Waals surface area contributed by atoms with Gasteiger partial charge in [0.1, 0.15) is 0 Å². The van der Waals surface area contributed by atoms with Crippen molar-refractivity contribution >= 4 is 29.1 Å². The van der Waals surface area contributed by atoms with Gasteiger partial charge in [-0.1, -0.05) is 0 Å². The maximum atomic E-state index is 12.4. The Labute approximate surface area is 163 Å². The van der Waals surface area contributed by atoms with Crippen molar-refractivity contribution in [1.29, 1.82) is 0 Å². The van der Waals surface area contributed by atoms with Gasteiger partial charge in [-0.3, -0.25) is 9.59 Å². The third kappa shape index (κ3) is 5.26. The lowest BCUT2D eigenvalue weighted by Gasteiger charge is -2.34. The van der Waals surface area contributed by atoms with E-state index in [4.69, 9.17) is 0 Å². The van der Waals surface area contributed by atoms with Gasteiger partial charge in [-0.05, 0) is 31.5 Å². The van der Waals surface area contributed by atoms with Gasteiger partial charge >= 0.3 is 0 Å². The highest BCUT2D eigenvalue weighted by atomic mass is 32.1. The number of carbonyl (C=O) groups excluding carboxylic acids is 2. The number of aromatic nitrogens is 2. The molecule has 1 saturated heterocycles. The number of aryl methyl sites for hydroxylation is 2. The number of nitrogens with zero attached hydrogens (tertiary/aromatic N) is 4. The summed E-state index contributed by atoms with van der Waals surface area (Å²) in [5.41, 5.74) is 1.07. The maximum absolute atomic E-state index is 12.4. The number of hydrogen-bond acceptors (Lipinski definition) is 6. The van der Waals surface area contributed by atoms with E-state index in [-0.39, 0.29) is 11.8 Å². The number of hydrogen-bond donors (Lipinski definition) is 1. The summed E-state index contributed by atoms with van der Waals surface area (Å²) in [7, 11) is 0. The van der Waals surface area contributed by atoms with Crippen LogP contribution >= 0.6 is 11.3 Å². The minimum Gasteiger partial charge on any atom is -0.355 e. The zero-order valence-corrected chi connectivity index (χ0v) is 16.6. The van der Waals surface area contributed by atoms with Crippen LogP contribution < -0.4 is 10.2 Å². The van der Waals surface area contributed by atoms with Crippen LogP contribution in [0.4, 0.5) is 5.95 Å². The number of amides is 2. The molecule has 1 N–H and O–H groups in total. The minimum absolute atomic E-state index is 0.0326. The molecule has 0 spiro atoms. The number of piperazine rings is 1. The first kappa shape index (κ1) is 19.3. The molecule has 0 bridgehead atoms. The van der Waals surface area contributed by atoms with Gasteiger partial charge in [-0.2, -0.15) is 0 Å². The number of rotatable bonds is 6. The summed E-state index contributed by atoms with van der Waals surface area (Å²) >= 11 is 1.70. The van der Waals surface area contributed by atoms with Gasteiger partial charge in [0.15, 0.2) is 0 Å². The molecule has 0 saturated carbocycles. The van der Waals surface area contributed by atoms with E-state index in [1.54, 1.807) is 29.8 Å². The SMILES string of the molecule is Cc1cc(CC(=O)NCCC(=O)N2CCN(c3ncccn3)CC2)c(C)s1. The van der Waals surface area contributed by atoms with Gasteiger partial charge in [0.05, 0.1) is 6.42 Å². The van der Waals surface area contributed by atoms with Crippen LogP contribution in [0.5, 0.6) is 0 Å². The van der Waals surface area contributed by atoms with Crippen molar-refractivity contribution in [1.82, 2.24) is 20.2 Å². The van der Waals surface area contributed by atoms with Crippen LogP contribution in [0.3, 0.4) is 0 Å². The van der Waals surface area contributed by atoms with E-state index in [0.717, 1.165) is 18.7 Å². The number of nitrogens with one attached hydrogen (secondary N) is 1. The summed E-state index contributed by atoms with van der Waals surface area (Å²) in [5.74, 6) is 0.747. The fraction of sp³-hybridized carbons (Fsp3) is 0.474. The summed E-state index contributed by atoms with van der Waals surface area (Å²) in [5, 5.41) is 2.86. The predicted molar refractivity (Wildman–Crippen MR) is 106 cm³/mol. The van der Waals surface area contributed by atoms with Gasteiger partial charge in [0, 0.05) is 61.3 Å². The first-order valence-electron chi connectivity index (χ1n) is 9.15. The highest BCUT2D eigenvalue weighted by Gasteiger charge is 2.22. The molecule has 1 aliphatic heterocycles. The molecule has 144 valence electrons. The van der Waals surface area contributed by atoms with Crippen LogP contribution in [0.25, 0.3) is 0 Å². The molecule has 2 aromatic rings. The minimum atomic E-state index is -0.0326. The van der Waals surface area contributed by atoms with Gasteiger partial charge in [0.25, 0.3) is 0 Å². The van der Waals surface area contributed by atoms with E-state index in [1.165, 1.54) is 9.75 Å². The molecule has 27 heavy (non-hydrogen) atoms. The smallest absolute Gasteiger partial charge is 0.225 e. The first-order chi connectivity index (χ1) is 13.0. The van der Waals surface area contributed by atoms with Crippen molar-refractivity contribution in [3.8, 4) is 0 Å². The molecule has 1 fully saturated rings. The van der Waals surface area contributed by atoms with Crippen molar-refractivity contribution in [3.63, 3.8) is 0 Å². The number of anilines is 1. The van der Waals surface area contributed by atoms with Crippen molar-refractivity contribution < 1.29 is 9.59 Å². The van der Waals surface area contributed by atoms with E-state index < -0.39 is 0 Å². The lowest BCUT2D eigenvalue weighted by atomic mass is 10.2. The van der Waals surface area contributed by atoms with Crippen LogP contribution in [0.1, 0.15) is 21.7 Å². The van der Waals surface area contributed by atoms with Crippen molar-refractivity contribution in [2.24, 2.45) is 0 Å². The normalized spacial score (nSPS) is 14.3. The van der Waals surface area contributed by atoms with Crippen LogP contribution in [-0.2, 0) is 16.0 Å². The Morgan fingerprint density at radius 1 is 1.15 bits per heavy atom. The summed E-state index contributed by atoms with van der Waals surface area (Å²) in [6, 6.07) is 3.85. The first-order valence-corrected chi connectivity index (χ1v) is 9.97. The second-order valence-corrected chi connectivity index (χ2v) is 8.09. The van der Waals surface area contributed by atoms with Crippen molar-refractivity contribution in [2.45, 2.75) is 26.7 Å². The monoisotopic (exact) mass is 387 g/mol. The molecule has 7 nitrogen and oxygen atoms in total. The zero-order valence-electron chi connectivity index (χ0n) is 15.8. The molecule has 0 aromatic carbocycles. The Hall–Kier alpha value is -2.48. The van der Waals surface area contributed by atoms with Gasteiger partial charge in [-0.15, -0.1) is 11.3 Å². The van der Waals surface area contributed by atoms with E-state index in [9.17, 15) is 9.59 Å². The molecule has 1 aliphatic rings. The molecular formula is C19H25N5O2S. The molecule has 3 rings (SSSR count). The molecule has 0 atom stereocenters. The Bertz CT molecular complexity index is 785. The topological polar surface area (TPSA) is 78.4 Å². The van der Waals surface area contributed by atoms with E-state index in [2.05, 4.69) is 26.3 Å². The Morgan fingerprint density at radius 3 is 2.48 bits per heavy atom. The third-order valence-corrected chi connectivity index (χ3v) is 5.63. The quantitative estimate of drug-likeness (QED) is 0.814. The Morgan fingerprint density at radius 2 is 1.85 bits per heavy atom. The highest BCUT2D eigenvalue weighted by molar-refractivity contribution is 7.12. The van der Waals surface area contributed by atoms with Crippen molar-refractivity contribution in [2.75, 3.05) is 37.6 Å². The van der Waals surface area contributed by atoms with E-state index in [1.807, 2.05) is 18.7 Å². The largest absolute Gasteiger partial charge is 0.355 e. The van der Waals surface area contributed by atoms with Gasteiger partial charge in [0.2, 0.25) is 17.8 Å². The Kier molecular flexibility index (Phi) is 6.39. The average Bonchev–Trinajstić information content (AvgIpc) is 2.99. The second-order valence-electron chi connectivity index (χ2n) is 6.63. The number of carbonyl (C=O) groups is 2. The third-order valence-electron chi connectivity index (χ3n) is 4.62. The highest BCUT2D eigenvalue weighted by Crippen LogP contribution is 2.20. The zero-order chi connectivity index (χ0) is 19.2. The van der Waals surface area contributed by atoms with Crippen molar-refractivity contribution in [3.05, 3.63) is 39.8 Å². The molecule has 3 heterocycles.